The van der Waals surface area contributed by atoms with E-state index in [0.29, 0.717) is 6.04 Å². The summed E-state index contributed by atoms with van der Waals surface area (Å²) in [4.78, 5) is 1.48. The van der Waals surface area contributed by atoms with Gasteiger partial charge in [0.15, 0.2) is 0 Å². The summed E-state index contributed by atoms with van der Waals surface area (Å²) in [5.74, 6) is 1.17. The van der Waals surface area contributed by atoms with E-state index in [1.165, 1.54) is 27.3 Å². The van der Waals surface area contributed by atoms with Gasteiger partial charge < -0.3 is 5.73 Å². The minimum absolute atomic E-state index is 0.351. The lowest BCUT2D eigenvalue weighted by Gasteiger charge is -2.13. The molecule has 1 nitrogen and oxygen atoms in total. The van der Waals surface area contributed by atoms with Crippen molar-refractivity contribution in [2.75, 3.05) is 5.75 Å². The molecule has 0 saturated carbocycles. The van der Waals surface area contributed by atoms with E-state index in [2.05, 4.69) is 26.0 Å². The minimum atomic E-state index is 0.351. The standard InChI is InChI=1S/C12H17NS/c1-8-3-4-9(2)12-11(8)7-10(13)5-6-14-12/h3-4,10H,5-7,13H2,1-2H3. The van der Waals surface area contributed by atoms with Gasteiger partial charge in [-0.3, -0.25) is 0 Å². The second kappa shape index (κ2) is 3.95. The molecule has 14 heavy (non-hydrogen) atoms. The first-order chi connectivity index (χ1) is 6.68. The summed E-state index contributed by atoms with van der Waals surface area (Å²) >= 11 is 1.97. The lowest BCUT2D eigenvalue weighted by molar-refractivity contribution is 0.650. The molecule has 1 unspecified atom stereocenters. The van der Waals surface area contributed by atoms with Crippen molar-refractivity contribution in [1.82, 2.24) is 0 Å². The smallest absolute Gasteiger partial charge is 0.0136 e. The number of benzene rings is 1. The van der Waals surface area contributed by atoms with Crippen LogP contribution in [-0.4, -0.2) is 11.8 Å². The van der Waals surface area contributed by atoms with Crippen LogP contribution in [0.1, 0.15) is 23.1 Å². The first kappa shape index (κ1) is 10.1. The molecule has 2 rings (SSSR count). The Morgan fingerprint density at radius 3 is 2.79 bits per heavy atom. The Kier molecular flexibility index (Phi) is 2.84. The molecule has 76 valence electrons. The van der Waals surface area contributed by atoms with Gasteiger partial charge in [0.2, 0.25) is 0 Å². The van der Waals surface area contributed by atoms with Crippen LogP contribution in [0.15, 0.2) is 17.0 Å². The van der Waals surface area contributed by atoms with Crippen LogP contribution in [0.2, 0.25) is 0 Å². The Balaban J connectivity index is 2.48. The van der Waals surface area contributed by atoms with Gasteiger partial charge in [-0.05, 0) is 49.1 Å². The quantitative estimate of drug-likeness (QED) is 0.708. The van der Waals surface area contributed by atoms with E-state index in [4.69, 9.17) is 5.73 Å². The fraction of sp³-hybridized carbons (Fsp3) is 0.500. The third-order valence-electron chi connectivity index (χ3n) is 2.89. The zero-order valence-electron chi connectivity index (χ0n) is 8.84. The molecule has 0 amide bonds. The third kappa shape index (κ3) is 1.82. The molecule has 1 aromatic carbocycles. The lowest BCUT2D eigenvalue weighted by Crippen LogP contribution is -2.22. The van der Waals surface area contributed by atoms with Crippen molar-refractivity contribution >= 4 is 11.8 Å². The Morgan fingerprint density at radius 1 is 1.29 bits per heavy atom. The van der Waals surface area contributed by atoms with E-state index < -0.39 is 0 Å². The Morgan fingerprint density at radius 2 is 2.00 bits per heavy atom. The van der Waals surface area contributed by atoms with E-state index in [9.17, 15) is 0 Å². The van der Waals surface area contributed by atoms with Gasteiger partial charge in [-0.15, -0.1) is 11.8 Å². The SMILES string of the molecule is Cc1ccc(C)c2c1CC(N)CCS2. The van der Waals surface area contributed by atoms with E-state index in [1.807, 2.05) is 11.8 Å². The summed E-state index contributed by atoms with van der Waals surface area (Å²) in [5.41, 5.74) is 10.3. The van der Waals surface area contributed by atoms with Crippen LogP contribution >= 0.6 is 11.8 Å². The van der Waals surface area contributed by atoms with Gasteiger partial charge in [-0.2, -0.15) is 0 Å². The molecule has 0 bridgehead atoms. The van der Waals surface area contributed by atoms with Crippen molar-refractivity contribution in [2.24, 2.45) is 5.73 Å². The molecule has 0 fully saturated rings. The van der Waals surface area contributed by atoms with Crippen LogP contribution in [0.3, 0.4) is 0 Å². The van der Waals surface area contributed by atoms with Crippen LogP contribution in [0.4, 0.5) is 0 Å². The van der Waals surface area contributed by atoms with E-state index in [1.54, 1.807) is 0 Å². The highest BCUT2D eigenvalue weighted by Gasteiger charge is 2.16. The van der Waals surface area contributed by atoms with Crippen molar-refractivity contribution in [3.05, 3.63) is 28.8 Å². The molecule has 1 atom stereocenters. The zero-order valence-corrected chi connectivity index (χ0v) is 9.66. The summed E-state index contributed by atoms with van der Waals surface area (Å²) in [5, 5.41) is 0. The van der Waals surface area contributed by atoms with Gasteiger partial charge in [0.1, 0.15) is 0 Å². The number of thioether (sulfide) groups is 1. The first-order valence-electron chi connectivity index (χ1n) is 5.16. The summed E-state index contributed by atoms with van der Waals surface area (Å²) in [6.07, 6.45) is 2.19. The second-order valence-electron chi connectivity index (χ2n) is 4.11. The number of aryl methyl sites for hydroxylation is 2. The normalized spacial score (nSPS) is 21.5. The van der Waals surface area contributed by atoms with Crippen molar-refractivity contribution in [1.29, 1.82) is 0 Å². The highest BCUT2D eigenvalue weighted by Crippen LogP contribution is 2.33. The van der Waals surface area contributed by atoms with Crippen molar-refractivity contribution in [3.63, 3.8) is 0 Å². The van der Waals surface area contributed by atoms with Gasteiger partial charge in [-0.1, -0.05) is 12.1 Å². The van der Waals surface area contributed by atoms with E-state index >= 15 is 0 Å². The lowest BCUT2D eigenvalue weighted by atomic mass is 9.98. The zero-order chi connectivity index (χ0) is 10.1. The van der Waals surface area contributed by atoms with Crippen LogP contribution in [0.5, 0.6) is 0 Å². The number of fused-ring (bicyclic) bond motifs is 1. The molecule has 0 radical (unpaired) electrons. The Hall–Kier alpha value is -0.470. The molecule has 2 N–H and O–H groups in total. The predicted molar refractivity (Wildman–Crippen MR) is 62.9 cm³/mol. The number of rotatable bonds is 0. The molecule has 0 spiro atoms. The summed E-state index contributed by atoms with van der Waals surface area (Å²) in [6, 6.07) is 4.79. The highest BCUT2D eigenvalue weighted by atomic mass is 32.2. The highest BCUT2D eigenvalue weighted by molar-refractivity contribution is 7.99. The topological polar surface area (TPSA) is 26.0 Å². The molecule has 2 heteroatoms. The predicted octanol–water partition coefficient (Wildman–Crippen LogP) is 2.67. The largest absolute Gasteiger partial charge is 0.327 e. The van der Waals surface area contributed by atoms with Gasteiger partial charge >= 0.3 is 0 Å². The number of nitrogens with two attached hydrogens (primary N) is 1. The van der Waals surface area contributed by atoms with Gasteiger partial charge in [0, 0.05) is 10.9 Å². The molecule has 1 heterocycles. The summed E-state index contributed by atoms with van der Waals surface area (Å²) < 4.78 is 0. The van der Waals surface area contributed by atoms with Crippen LogP contribution in [0.25, 0.3) is 0 Å². The number of hydrogen-bond donors (Lipinski definition) is 1. The maximum Gasteiger partial charge on any atom is 0.0136 e. The molecular weight excluding hydrogens is 190 g/mol. The van der Waals surface area contributed by atoms with Crippen LogP contribution in [-0.2, 0) is 6.42 Å². The fourth-order valence-electron chi connectivity index (χ4n) is 1.97. The van der Waals surface area contributed by atoms with Crippen molar-refractivity contribution in [2.45, 2.75) is 37.6 Å². The maximum atomic E-state index is 6.06. The van der Waals surface area contributed by atoms with Crippen LogP contribution in [0, 0.1) is 13.8 Å². The number of hydrogen-bond acceptors (Lipinski definition) is 2. The van der Waals surface area contributed by atoms with E-state index in [0.717, 1.165) is 12.8 Å². The second-order valence-corrected chi connectivity index (χ2v) is 5.21. The molecular formula is C12H17NS. The fourth-order valence-corrected chi connectivity index (χ4v) is 3.31. The molecule has 1 aliphatic heterocycles. The average molecular weight is 207 g/mol. The van der Waals surface area contributed by atoms with Gasteiger partial charge in [0.25, 0.3) is 0 Å². The summed E-state index contributed by atoms with van der Waals surface area (Å²) in [7, 11) is 0. The Labute approximate surface area is 90.1 Å². The average Bonchev–Trinajstić information content (AvgIpc) is 2.34. The van der Waals surface area contributed by atoms with E-state index in [-0.39, 0.29) is 0 Å². The molecule has 0 aliphatic carbocycles. The van der Waals surface area contributed by atoms with Crippen molar-refractivity contribution in [3.8, 4) is 0 Å². The first-order valence-corrected chi connectivity index (χ1v) is 6.14. The van der Waals surface area contributed by atoms with Crippen LogP contribution < -0.4 is 5.73 Å². The van der Waals surface area contributed by atoms with Crippen molar-refractivity contribution < 1.29 is 0 Å². The van der Waals surface area contributed by atoms with Gasteiger partial charge in [0.05, 0.1) is 0 Å². The molecule has 1 aromatic rings. The Bertz CT molecular complexity index is 346. The monoisotopic (exact) mass is 207 g/mol. The third-order valence-corrected chi connectivity index (χ3v) is 4.19. The molecule has 0 aromatic heterocycles. The molecule has 0 saturated heterocycles. The summed E-state index contributed by atoms with van der Waals surface area (Å²) in [6.45, 7) is 4.39. The van der Waals surface area contributed by atoms with Gasteiger partial charge in [-0.25, -0.2) is 0 Å². The minimum Gasteiger partial charge on any atom is -0.327 e. The molecule has 1 aliphatic rings. The maximum absolute atomic E-state index is 6.06.